The molecule has 3 nitrogen and oxygen atoms in total. The average molecular weight is 234 g/mol. The van der Waals surface area contributed by atoms with Crippen LogP contribution in [0.4, 0.5) is 0 Å². The van der Waals surface area contributed by atoms with Gasteiger partial charge < -0.3 is 10.5 Å². The molecule has 2 rings (SSSR count). The third kappa shape index (κ3) is 3.19. The Morgan fingerprint density at radius 1 is 1.41 bits per heavy atom. The van der Waals surface area contributed by atoms with Crippen molar-refractivity contribution in [2.75, 3.05) is 0 Å². The molecule has 94 valence electrons. The Labute approximate surface area is 103 Å². The molecule has 2 N–H and O–H groups in total. The van der Waals surface area contributed by atoms with Gasteiger partial charge in [-0.05, 0) is 37.7 Å². The molecule has 1 aliphatic rings. The topological polar surface area (TPSA) is 48.1 Å². The minimum Gasteiger partial charge on any atom is -0.474 e. The molecule has 1 heterocycles. The van der Waals surface area contributed by atoms with Gasteiger partial charge in [0.25, 0.3) is 0 Å². The first kappa shape index (κ1) is 12.4. The van der Waals surface area contributed by atoms with E-state index in [1.54, 1.807) is 0 Å². The summed E-state index contributed by atoms with van der Waals surface area (Å²) in [5.41, 5.74) is 7.69. The second-order valence-corrected chi connectivity index (χ2v) is 5.11. The first-order valence-electron chi connectivity index (χ1n) is 6.52. The molecule has 0 aromatic carbocycles. The molecule has 0 saturated heterocycles. The van der Waals surface area contributed by atoms with Crippen LogP contribution in [-0.4, -0.2) is 11.1 Å². The Balaban J connectivity index is 2.00. The summed E-state index contributed by atoms with van der Waals surface area (Å²) in [7, 11) is 0. The summed E-state index contributed by atoms with van der Waals surface area (Å²) in [6.45, 7) is 4.82. The molecule has 1 aromatic rings. The Morgan fingerprint density at radius 3 is 2.88 bits per heavy atom. The maximum absolute atomic E-state index is 5.95. The van der Waals surface area contributed by atoms with Crippen molar-refractivity contribution in [3.05, 3.63) is 23.4 Å². The van der Waals surface area contributed by atoms with Crippen LogP contribution in [0.1, 0.15) is 43.9 Å². The summed E-state index contributed by atoms with van der Waals surface area (Å²) in [5.74, 6) is 1.52. The number of rotatable bonds is 3. The fraction of sp³-hybridized carbons (Fsp3) is 0.643. The number of aromatic nitrogens is 1. The highest BCUT2D eigenvalue weighted by molar-refractivity contribution is 5.24. The lowest BCUT2D eigenvalue weighted by molar-refractivity contribution is 0.123. The normalized spacial score (nSPS) is 24.6. The molecule has 2 atom stereocenters. The van der Waals surface area contributed by atoms with Crippen LogP contribution >= 0.6 is 0 Å². The molecule has 0 amide bonds. The van der Waals surface area contributed by atoms with Gasteiger partial charge in [-0.1, -0.05) is 19.4 Å². The van der Waals surface area contributed by atoms with Gasteiger partial charge in [0.2, 0.25) is 5.88 Å². The number of hydrogen-bond acceptors (Lipinski definition) is 3. The quantitative estimate of drug-likeness (QED) is 0.874. The van der Waals surface area contributed by atoms with Crippen LogP contribution in [0.3, 0.4) is 0 Å². The van der Waals surface area contributed by atoms with Crippen LogP contribution in [0.5, 0.6) is 5.88 Å². The van der Waals surface area contributed by atoms with E-state index < -0.39 is 0 Å². The number of pyridine rings is 1. The Morgan fingerprint density at radius 2 is 2.24 bits per heavy atom. The second-order valence-electron chi connectivity index (χ2n) is 5.11. The van der Waals surface area contributed by atoms with Gasteiger partial charge in [0.15, 0.2) is 0 Å². The minimum absolute atomic E-state index is 0.342. The molecule has 0 aliphatic heterocycles. The zero-order valence-corrected chi connectivity index (χ0v) is 10.8. The summed E-state index contributed by atoms with van der Waals surface area (Å²) in [6.07, 6.45) is 5.25. The van der Waals surface area contributed by atoms with Crippen molar-refractivity contribution in [1.82, 2.24) is 4.98 Å². The van der Waals surface area contributed by atoms with Gasteiger partial charge in [0.1, 0.15) is 6.10 Å². The van der Waals surface area contributed by atoms with Crippen LogP contribution in [0, 0.1) is 12.8 Å². The van der Waals surface area contributed by atoms with Gasteiger partial charge in [-0.15, -0.1) is 0 Å². The van der Waals surface area contributed by atoms with Crippen molar-refractivity contribution in [1.29, 1.82) is 0 Å². The predicted molar refractivity (Wildman–Crippen MR) is 68.9 cm³/mol. The highest BCUT2D eigenvalue weighted by Gasteiger charge is 2.20. The molecule has 3 heteroatoms. The first-order chi connectivity index (χ1) is 8.19. The molecule has 1 saturated carbocycles. The van der Waals surface area contributed by atoms with Crippen molar-refractivity contribution in [2.24, 2.45) is 11.7 Å². The van der Waals surface area contributed by atoms with Crippen molar-refractivity contribution < 1.29 is 4.74 Å². The fourth-order valence-corrected chi connectivity index (χ4v) is 2.50. The number of nitrogens with zero attached hydrogens (tertiary/aromatic N) is 1. The van der Waals surface area contributed by atoms with Gasteiger partial charge in [-0.2, -0.15) is 0 Å². The Kier molecular flexibility index (Phi) is 4.00. The molecule has 2 unspecified atom stereocenters. The van der Waals surface area contributed by atoms with E-state index in [4.69, 9.17) is 10.5 Å². The van der Waals surface area contributed by atoms with E-state index in [0.717, 1.165) is 35.9 Å². The largest absolute Gasteiger partial charge is 0.474 e. The predicted octanol–water partition coefficient (Wildman–Crippen LogP) is 2.81. The van der Waals surface area contributed by atoms with Crippen LogP contribution < -0.4 is 10.5 Å². The van der Waals surface area contributed by atoms with E-state index in [1.165, 1.54) is 12.8 Å². The maximum atomic E-state index is 5.95. The smallest absolute Gasteiger partial charge is 0.213 e. The molecule has 0 bridgehead atoms. The fourth-order valence-electron chi connectivity index (χ4n) is 2.50. The van der Waals surface area contributed by atoms with E-state index in [1.807, 2.05) is 19.1 Å². The first-order valence-corrected chi connectivity index (χ1v) is 6.52. The summed E-state index contributed by atoms with van der Waals surface area (Å²) < 4.78 is 5.95. The number of hydrogen-bond donors (Lipinski definition) is 1. The summed E-state index contributed by atoms with van der Waals surface area (Å²) >= 11 is 0. The Bertz CT molecular complexity index is 378. The van der Waals surface area contributed by atoms with Crippen molar-refractivity contribution in [3.8, 4) is 5.88 Å². The van der Waals surface area contributed by atoms with Crippen LogP contribution in [0.25, 0.3) is 0 Å². The highest BCUT2D eigenvalue weighted by Crippen LogP contribution is 2.27. The third-order valence-corrected chi connectivity index (χ3v) is 3.57. The van der Waals surface area contributed by atoms with Crippen molar-refractivity contribution >= 4 is 0 Å². The monoisotopic (exact) mass is 234 g/mol. The van der Waals surface area contributed by atoms with Gasteiger partial charge in [-0.25, -0.2) is 4.98 Å². The molecule has 1 aromatic heterocycles. The lowest BCUT2D eigenvalue weighted by Gasteiger charge is -2.27. The molecule has 1 aliphatic carbocycles. The van der Waals surface area contributed by atoms with Crippen molar-refractivity contribution in [2.45, 2.75) is 52.2 Å². The van der Waals surface area contributed by atoms with Gasteiger partial charge in [0.05, 0.1) is 0 Å². The lowest BCUT2D eigenvalue weighted by Crippen LogP contribution is -2.24. The number of aryl methyl sites for hydroxylation is 1. The molecule has 1 fully saturated rings. The summed E-state index contributed by atoms with van der Waals surface area (Å²) in [6, 6.07) is 3.96. The van der Waals surface area contributed by atoms with E-state index in [0.29, 0.717) is 12.6 Å². The summed E-state index contributed by atoms with van der Waals surface area (Å²) in [4.78, 5) is 4.46. The minimum atomic E-state index is 0.342. The zero-order chi connectivity index (χ0) is 12.3. The van der Waals surface area contributed by atoms with E-state index in [-0.39, 0.29) is 0 Å². The number of ether oxygens (including phenoxy) is 1. The van der Waals surface area contributed by atoms with Gasteiger partial charge in [0, 0.05) is 18.3 Å². The van der Waals surface area contributed by atoms with Crippen LogP contribution in [-0.2, 0) is 6.54 Å². The molecule has 0 spiro atoms. The van der Waals surface area contributed by atoms with Crippen molar-refractivity contribution in [3.63, 3.8) is 0 Å². The molecule has 0 radical (unpaired) electrons. The van der Waals surface area contributed by atoms with E-state index in [2.05, 4.69) is 11.9 Å². The van der Waals surface area contributed by atoms with E-state index in [9.17, 15) is 0 Å². The molecular formula is C14H22N2O. The summed E-state index contributed by atoms with van der Waals surface area (Å²) in [5, 5.41) is 0. The van der Waals surface area contributed by atoms with E-state index >= 15 is 0 Å². The van der Waals surface area contributed by atoms with Gasteiger partial charge >= 0.3 is 0 Å². The van der Waals surface area contributed by atoms with Crippen LogP contribution in [0.15, 0.2) is 12.1 Å². The Hall–Kier alpha value is -1.09. The number of nitrogens with two attached hydrogens (primary N) is 1. The third-order valence-electron chi connectivity index (χ3n) is 3.57. The SMILES string of the molecule is Cc1nc(OC2CCCC(C)C2)ccc1CN. The maximum Gasteiger partial charge on any atom is 0.213 e. The highest BCUT2D eigenvalue weighted by atomic mass is 16.5. The average Bonchev–Trinajstić information content (AvgIpc) is 2.29. The standard InChI is InChI=1S/C14H22N2O/c1-10-4-3-5-13(8-10)17-14-7-6-12(9-15)11(2)16-14/h6-7,10,13H,3-5,8-9,15H2,1-2H3. The molecular weight excluding hydrogens is 212 g/mol. The second kappa shape index (κ2) is 5.50. The zero-order valence-electron chi connectivity index (χ0n) is 10.8. The lowest BCUT2D eigenvalue weighted by atomic mass is 9.89. The van der Waals surface area contributed by atoms with Crippen LogP contribution in [0.2, 0.25) is 0 Å². The van der Waals surface area contributed by atoms with Gasteiger partial charge in [-0.3, -0.25) is 0 Å². The molecule has 17 heavy (non-hydrogen) atoms.